The molecule has 1 fully saturated rings. The van der Waals surface area contributed by atoms with Crippen LogP contribution in [0.25, 0.3) is 5.69 Å². The molecule has 0 radical (unpaired) electrons. The minimum absolute atomic E-state index is 1.01. The molecule has 26 heavy (non-hydrogen) atoms. The summed E-state index contributed by atoms with van der Waals surface area (Å²) in [5, 5.41) is 0. The highest BCUT2D eigenvalue weighted by Crippen LogP contribution is 2.21. The second-order valence-corrected chi connectivity index (χ2v) is 7.12. The summed E-state index contributed by atoms with van der Waals surface area (Å²) in [6.07, 6.45) is 3.95. The zero-order chi connectivity index (χ0) is 17.9. The van der Waals surface area contributed by atoms with Crippen LogP contribution in [0, 0.1) is 13.8 Å². The monoisotopic (exact) mass is 346 g/mol. The van der Waals surface area contributed by atoms with Crippen molar-refractivity contribution in [1.29, 1.82) is 0 Å². The van der Waals surface area contributed by atoms with Crippen LogP contribution < -0.4 is 4.90 Å². The summed E-state index contributed by atoms with van der Waals surface area (Å²) in [5.74, 6) is 1.05. The molecule has 4 nitrogen and oxygen atoms in total. The van der Waals surface area contributed by atoms with E-state index in [4.69, 9.17) is 0 Å². The number of imidazole rings is 1. The summed E-state index contributed by atoms with van der Waals surface area (Å²) in [7, 11) is 0. The molecule has 3 aromatic rings. The van der Waals surface area contributed by atoms with Crippen LogP contribution in [-0.4, -0.2) is 40.6 Å². The molecule has 1 saturated heterocycles. The van der Waals surface area contributed by atoms with Crippen LogP contribution >= 0.6 is 0 Å². The van der Waals surface area contributed by atoms with Crippen LogP contribution in [0.2, 0.25) is 0 Å². The fraction of sp³-hybridized carbons (Fsp3) is 0.318. The van der Waals surface area contributed by atoms with Gasteiger partial charge in [-0.15, -0.1) is 0 Å². The van der Waals surface area contributed by atoms with Crippen molar-refractivity contribution in [3.8, 4) is 5.69 Å². The molecule has 2 aromatic carbocycles. The maximum absolute atomic E-state index is 4.63. The number of hydrogen-bond acceptors (Lipinski definition) is 3. The number of aryl methyl sites for hydroxylation is 2. The minimum Gasteiger partial charge on any atom is -0.339 e. The summed E-state index contributed by atoms with van der Waals surface area (Å²) in [6.45, 7) is 9.50. The van der Waals surface area contributed by atoms with Crippen molar-refractivity contribution < 1.29 is 0 Å². The molecule has 0 N–H and O–H groups in total. The van der Waals surface area contributed by atoms with Crippen LogP contribution in [0.5, 0.6) is 0 Å². The molecule has 0 saturated carbocycles. The molecular formula is C22H26N4. The first-order valence-electron chi connectivity index (χ1n) is 9.33. The minimum atomic E-state index is 1.01. The van der Waals surface area contributed by atoms with Gasteiger partial charge >= 0.3 is 0 Å². The number of nitrogens with zero attached hydrogens (tertiary/aromatic N) is 4. The summed E-state index contributed by atoms with van der Waals surface area (Å²) in [6, 6.07) is 17.3. The van der Waals surface area contributed by atoms with Gasteiger partial charge < -0.3 is 4.90 Å². The van der Waals surface area contributed by atoms with Crippen LogP contribution in [0.4, 0.5) is 5.95 Å². The first-order valence-corrected chi connectivity index (χ1v) is 9.33. The van der Waals surface area contributed by atoms with E-state index in [9.17, 15) is 0 Å². The summed E-state index contributed by atoms with van der Waals surface area (Å²) >= 11 is 0. The maximum atomic E-state index is 4.63. The lowest BCUT2D eigenvalue weighted by molar-refractivity contribution is 0.248. The Kier molecular flexibility index (Phi) is 4.76. The second-order valence-electron chi connectivity index (χ2n) is 7.12. The van der Waals surface area contributed by atoms with Crippen molar-refractivity contribution in [2.24, 2.45) is 0 Å². The number of piperazine rings is 1. The van der Waals surface area contributed by atoms with Gasteiger partial charge in [-0.05, 0) is 37.1 Å². The van der Waals surface area contributed by atoms with Gasteiger partial charge in [-0.25, -0.2) is 4.98 Å². The lowest BCUT2D eigenvalue weighted by Gasteiger charge is -2.35. The van der Waals surface area contributed by atoms with Gasteiger partial charge in [-0.1, -0.05) is 42.0 Å². The highest BCUT2D eigenvalue weighted by molar-refractivity contribution is 5.44. The van der Waals surface area contributed by atoms with Gasteiger partial charge in [0, 0.05) is 50.8 Å². The standard InChI is InChI=1S/C22H26N4/c1-18-7-9-21(10-8-18)26-12-11-23-22(26)25-15-13-24(14-16-25)17-20-6-4-3-5-19(20)2/h3-12H,13-17H2,1-2H3. The topological polar surface area (TPSA) is 24.3 Å². The Hall–Kier alpha value is -2.59. The molecule has 2 heterocycles. The van der Waals surface area contributed by atoms with Gasteiger partial charge in [0.05, 0.1) is 0 Å². The molecule has 0 spiro atoms. The van der Waals surface area contributed by atoms with E-state index in [0.29, 0.717) is 0 Å². The van der Waals surface area contributed by atoms with Gasteiger partial charge in [-0.2, -0.15) is 0 Å². The van der Waals surface area contributed by atoms with Crippen molar-refractivity contribution in [2.75, 3.05) is 31.1 Å². The number of hydrogen-bond donors (Lipinski definition) is 0. The van der Waals surface area contributed by atoms with Gasteiger partial charge in [0.15, 0.2) is 0 Å². The van der Waals surface area contributed by atoms with Gasteiger partial charge in [0.1, 0.15) is 0 Å². The van der Waals surface area contributed by atoms with E-state index >= 15 is 0 Å². The Balaban J connectivity index is 1.43. The predicted molar refractivity (Wildman–Crippen MR) is 107 cm³/mol. The first-order chi connectivity index (χ1) is 12.7. The van der Waals surface area contributed by atoms with Crippen molar-refractivity contribution >= 4 is 5.95 Å². The van der Waals surface area contributed by atoms with E-state index in [1.54, 1.807) is 0 Å². The molecule has 134 valence electrons. The van der Waals surface area contributed by atoms with Crippen molar-refractivity contribution in [2.45, 2.75) is 20.4 Å². The fourth-order valence-corrected chi connectivity index (χ4v) is 3.57. The molecule has 0 atom stereocenters. The predicted octanol–water partition coefficient (Wildman–Crippen LogP) is 3.81. The number of benzene rings is 2. The molecule has 1 aliphatic rings. The van der Waals surface area contributed by atoms with E-state index in [-0.39, 0.29) is 0 Å². The third-order valence-electron chi connectivity index (χ3n) is 5.24. The molecule has 4 heteroatoms. The number of anilines is 1. The Morgan fingerprint density at radius 1 is 0.885 bits per heavy atom. The molecule has 4 rings (SSSR count). The zero-order valence-corrected chi connectivity index (χ0v) is 15.6. The largest absolute Gasteiger partial charge is 0.339 e. The van der Waals surface area contributed by atoms with Crippen LogP contribution in [0.15, 0.2) is 60.9 Å². The van der Waals surface area contributed by atoms with Crippen LogP contribution in [0.3, 0.4) is 0 Å². The van der Waals surface area contributed by atoms with Gasteiger partial charge in [0.25, 0.3) is 0 Å². The molecule has 0 unspecified atom stereocenters. The van der Waals surface area contributed by atoms with Gasteiger partial charge in [-0.3, -0.25) is 9.47 Å². The summed E-state index contributed by atoms with van der Waals surface area (Å²) in [4.78, 5) is 9.57. The number of aromatic nitrogens is 2. The molecule has 0 bridgehead atoms. The van der Waals surface area contributed by atoms with Crippen LogP contribution in [-0.2, 0) is 6.54 Å². The second kappa shape index (κ2) is 7.34. The Morgan fingerprint density at radius 3 is 2.35 bits per heavy atom. The van der Waals surface area contributed by atoms with E-state index in [1.165, 1.54) is 22.4 Å². The SMILES string of the molecule is Cc1ccc(-n2ccnc2N2CCN(Cc3ccccc3C)CC2)cc1. The molecule has 0 amide bonds. The first kappa shape index (κ1) is 16.9. The van der Waals surface area contributed by atoms with E-state index in [2.05, 4.69) is 87.9 Å². The molecule has 0 aliphatic carbocycles. The zero-order valence-electron chi connectivity index (χ0n) is 15.6. The lowest BCUT2D eigenvalue weighted by Crippen LogP contribution is -2.46. The summed E-state index contributed by atoms with van der Waals surface area (Å²) in [5.41, 5.74) is 5.26. The summed E-state index contributed by atoms with van der Waals surface area (Å²) < 4.78 is 2.19. The fourth-order valence-electron chi connectivity index (χ4n) is 3.57. The molecule has 1 aliphatic heterocycles. The third kappa shape index (κ3) is 3.51. The average molecular weight is 346 g/mol. The molecular weight excluding hydrogens is 320 g/mol. The van der Waals surface area contributed by atoms with Gasteiger partial charge in [0.2, 0.25) is 5.95 Å². The maximum Gasteiger partial charge on any atom is 0.210 e. The van der Waals surface area contributed by atoms with Crippen molar-refractivity contribution in [3.05, 3.63) is 77.6 Å². The Bertz CT molecular complexity index is 858. The molecule has 1 aromatic heterocycles. The number of rotatable bonds is 4. The van der Waals surface area contributed by atoms with E-state index in [1.807, 2.05) is 6.20 Å². The van der Waals surface area contributed by atoms with E-state index < -0.39 is 0 Å². The average Bonchev–Trinajstić information content (AvgIpc) is 3.15. The smallest absolute Gasteiger partial charge is 0.210 e. The Labute approximate surface area is 155 Å². The normalized spacial score (nSPS) is 15.4. The van der Waals surface area contributed by atoms with Crippen LogP contribution in [0.1, 0.15) is 16.7 Å². The van der Waals surface area contributed by atoms with E-state index in [0.717, 1.165) is 38.7 Å². The highest BCUT2D eigenvalue weighted by atomic mass is 15.3. The quantitative estimate of drug-likeness (QED) is 0.718. The third-order valence-corrected chi connectivity index (χ3v) is 5.24. The van der Waals surface area contributed by atoms with Crippen molar-refractivity contribution in [1.82, 2.24) is 14.5 Å². The Morgan fingerprint density at radius 2 is 1.62 bits per heavy atom. The lowest BCUT2D eigenvalue weighted by atomic mass is 10.1. The highest BCUT2D eigenvalue weighted by Gasteiger charge is 2.21. The van der Waals surface area contributed by atoms with Crippen molar-refractivity contribution in [3.63, 3.8) is 0 Å².